The quantitative estimate of drug-likeness (QED) is 0.848. The average Bonchev–Trinajstić information content (AvgIpc) is 2.95. The molecule has 2 rings (SSSR count). The van der Waals surface area contributed by atoms with Gasteiger partial charge in [0.25, 0.3) is 0 Å². The fourth-order valence-corrected chi connectivity index (χ4v) is 2.61. The highest BCUT2D eigenvalue weighted by Crippen LogP contribution is 2.29. The average molecular weight is 305 g/mol. The summed E-state index contributed by atoms with van der Waals surface area (Å²) < 4.78 is 11.0. The van der Waals surface area contributed by atoms with Crippen molar-refractivity contribution in [3.63, 3.8) is 0 Å². The molecule has 0 saturated carbocycles. The first-order valence-corrected chi connectivity index (χ1v) is 7.82. The van der Waals surface area contributed by atoms with Crippen LogP contribution >= 0.6 is 11.3 Å². The van der Waals surface area contributed by atoms with Gasteiger partial charge in [-0.15, -0.1) is 11.3 Å². The number of carbonyl (C=O) groups excluding carboxylic acids is 1. The van der Waals surface area contributed by atoms with E-state index in [-0.39, 0.29) is 5.91 Å². The molecule has 2 aromatic rings. The molecule has 1 aromatic heterocycles. The Morgan fingerprint density at radius 3 is 2.67 bits per heavy atom. The van der Waals surface area contributed by atoms with E-state index >= 15 is 0 Å². The number of rotatable bonds is 7. The number of amides is 1. The van der Waals surface area contributed by atoms with Gasteiger partial charge in [0.1, 0.15) is 11.5 Å². The van der Waals surface area contributed by atoms with Gasteiger partial charge in [0, 0.05) is 10.9 Å². The molecule has 0 aliphatic carbocycles. The smallest absolute Gasteiger partial charge is 0.229 e. The summed E-state index contributed by atoms with van der Waals surface area (Å²) in [5.41, 5.74) is 0.643. The van der Waals surface area contributed by atoms with Crippen molar-refractivity contribution in [2.75, 3.05) is 18.5 Å². The second kappa shape index (κ2) is 7.69. The van der Waals surface area contributed by atoms with Gasteiger partial charge in [0.2, 0.25) is 5.91 Å². The molecule has 5 heteroatoms. The zero-order valence-corrected chi connectivity index (χ0v) is 13.0. The number of anilines is 1. The molecule has 0 radical (unpaired) electrons. The molecule has 1 heterocycles. The summed E-state index contributed by atoms with van der Waals surface area (Å²) in [6.07, 6.45) is 0.363. The Labute approximate surface area is 128 Å². The fourth-order valence-electron chi connectivity index (χ4n) is 1.91. The molecule has 0 fully saturated rings. The van der Waals surface area contributed by atoms with Crippen LogP contribution in [0.2, 0.25) is 0 Å². The van der Waals surface area contributed by atoms with E-state index in [9.17, 15) is 4.79 Å². The SMILES string of the molecule is CCOc1ccc(OCC)c(NC(=O)Cc2cccs2)c1. The third kappa shape index (κ3) is 4.49. The van der Waals surface area contributed by atoms with Crippen LogP contribution in [0.25, 0.3) is 0 Å². The van der Waals surface area contributed by atoms with Gasteiger partial charge in [-0.1, -0.05) is 6.07 Å². The van der Waals surface area contributed by atoms with Gasteiger partial charge in [-0.05, 0) is 37.4 Å². The summed E-state index contributed by atoms with van der Waals surface area (Å²) in [5, 5.41) is 4.86. The molecular formula is C16H19NO3S. The van der Waals surface area contributed by atoms with Crippen molar-refractivity contribution >= 4 is 22.9 Å². The minimum absolute atomic E-state index is 0.0629. The third-order valence-electron chi connectivity index (χ3n) is 2.75. The molecule has 1 amide bonds. The van der Waals surface area contributed by atoms with Crippen LogP contribution in [0.3, 0.4) is 0 Å². The van der Waals surface area contributed by atoms with Crippen LogP contribution in [-0.2, 0) is 11.2 Å². The summed E-state index contributed by atoms with van der Waals surface area (Å²) in [4.78, 5) is 13.1. The van der Waals surface area contributed by atoms with Gasteiger partial charge in [0.05, 0.1) is 25.3 Å². The number of ether oxygens (including phenoxy) is 2. The van der Waals surface area contributed by atoms with E-state index in [1.807, 2.05) is 43.5 Å². The maximum absolute atomic E-state index is 12.1. The Morgan fingerprint density at radius 1 is 1.19 bits per heavy atom. The van der Waals surface area contributed by atoms with Crippen LogP contribution in [0.4, 0.5) is 5.69 Å². The Kier molecular flexibility index (Phi) is 5.63. The van der Waals surface area contributed by atoms with Gasteiger partial charge in [0.15, 0.2) is 0 Å². The minimum atomic E-state index is -0.0629. The van der Waals surface area contributed by atoms with E-state index in [2.05, 4.69) is 5.32 Å². The normalized spacial score (nSPS) is 10.2. The number of nitrogens with one attached hydrogen (secondary N) is 1. The molecule has 4 nitrogen and oxygen atoms in total. The van der Waals surface area contributed by atoms with E-state index in [0.29, 0.717) is 36.8 Å². The summed E-state index contributed by atoms with van der Waals surface area (Å²) in [6, 6.07) is 9.33. The molecule has 0 unspecified atom stereocenters. The Balaban J connectivity index is 2.11. The summed E-state index contributed by atoms with van der Waals surface area (Å²) >= 11 is 1.57. The van der Waals surface area contributed by atoms with Crippen molar-refractivity contribution in [3.8, 4) is 11.5 Å². The van der Waals surface area contributed by atoms with Crippen LogP contribution in [-0.4, -0.2) is 19.1 Å². The van der Waals surface area contributed by atoms with Crippen LogP contribution in [0.5, 0.6) is 11.5 Å². The standard InChI is InChI=1S/C16H19NO3S/c1-3-19-12-7-8-15(20-4-2)14(10-12)17-16(18)11-13-6-5-9-21-13/h5-10H,3-4,11H2,1-2H3,(H,17,18). The van der Waals surface area contributed by atoms with Crippen molar-refractivity contribution < 1.29 is 14.3 Å². The summed E-state index contributed by atoms with van der Waals surface area (Å²) in [5.74, 6) is 1.31. The second-order valence-electron chi connectivity index (χ2n) is 4.33. The Morgan fingerprint density at radius 2 is 2.00 bits per heavy atom. The third-order valence-corrected chi connectivity index (χ3v) is 3.63. The van der Waals surface area contributed by atoms with Gasteiger partial charge < -0.3 is 14.8 Å². The number of hydrogen-bond donors (Lipinski definition) is 1. The lowest BCUT2D eigenvalue weighted by Crippen LogP contribution is -2.14. The predicted octanol–water partition coefficient (Wildman–Crippen LogP) is 3.73. The highest BCUT2D eigenvalue weighted by molar-refractivity contribution is 7.10. The molecule has 0 aliphatic heterocycles. The first-order chi connectivity index (χ1) is 10.2. The highest BCUT2D eigenvalue weighted by atomic mass is 32.1. The van der Waals surface area contributed by atoms with E-state index in [0.717, 1.165) is 4.88 Å². The molecule has 1 aromatic carbocycles. The van der Waals surface area contributed by atoms with Crippen molar-refractivity contribution in [2.24, 2.45) is 0 Å². The van der Waals surface area contributed by atoms with E-state index in [1.54, 1.807) is 17.4 Å². The predicted molar refractivity (Wildman–Crippen MR) is 85.4 cm³/mol. The van der Waals surface area contributed by atoms with Crippen LogP contribution in [0.1, 0.15) is 18.7 Å². The summed E-state index contributed by atoms with van der Waals surface area (Å²) in [6.45, 7) is 4.96. The van der Waals surface area contributed by atoms with Gasteiger partial charge in [-0.25, -0.2) is 0 Å². The topological polar surface area (TPSA) is 47.6 Å². The number of benzene rings is 1. The van der Waals surface area contributed by atoms with Gasteiger partial charge in [-0.3, -0.25) is 4.79 Å². The Bertz CT molecular complexity index is 581. The van der Waals surface area contributed by atoms with Crippen molar-refractivity contribution in [2.45, 2.75) is 20.3 Å². The second-order valence-corrected chi connectivity index (χ2v) is 5.36. The zero-order chi connectivity index (χ0) is 15.1. The molecule has 0 aliphatic rings. The number of carbonyl (C=O) groups is 1. The molecule has 0 bridgehead atoms. The molecular weight excluding hydrogens is 286 g/mol. The maximum atomic E-state index is 12.1. The monoisotopic (exact) mass is 305 g/mol. The van der Waals surface area contributed by atoms with Crippen LogP contribution in [0.15, 0.2) is 35.7 Å². The lowest BCUT2D eigenvalue weighted by Gasteiger charge is -2.13. The largest absolute Gasteiger partial charge is 0.494 e. The molecule has 1 N–H and O–H groups in total. The van der Waals surface area contributed by atoms with E-state index in [4.69, 9.17) is 9.47 Å². The molecule has 21 heavy (non-hydrogen) atoms. The van der Waals surface area contributed by atoms with E-state index < -0.39 is 0 Å². The van der Waals surface area contributed by atoms with Gasteiger partial charge >= 0.3 is 0 Å². The lowest BCUT2D eigenvalue weighted by atomic mass is 10.2. The molecule has 0 atom stereocenters. The van der Waals surface area contributed by atoms with Crippen molar-refractivity contribution in [1.82, 2.24) is 0 Å². The molecule has 112 valence electrons. The zero-order valence-electron chi connectivity index (χ0n) is 12.2. The minimum Gasteiger partial charge on any atom is -0.494 e. The first-order valence-electron chi connectivity index (χ1n) is 6.94. The molecule has 0 spiro atoms. The maximum Gasteiger partial charge on any atom is 0.229 e. The van der Waals surface area contributed by atoms with Crippen LogP contribution < -0.4 is 14.8 Å². The molecule has 0 saturated heterocycles. The van der Waals surface area contributed by atoms with Crippen molar-refractivity contribution in [1.29, 1.82) is 0 Å². The van der Waals surface area contributed by atoms with E-state index in [1.165, 1.54) is 0 Å². The van der Waals surface area contributed by atoms with Crippen LogP contribution in [0, 0.1) is 0 Å². The number of hydrogen-bond acceptors (Lipinski definition) is 4. The summed E-state index contributed by atoms with van der Waals surface area (Å²) in [7, 11) is 0. The Hall–Kier alpha value is -2.01. The lowest BCUT2D eigenvalue weighted by molar-refractivity contribution is -0.115. The van der Waals surface area contributed by atoms with Gasteiger partial charge in [-0.2, -0.15) is 0 Å². The number of thiophene rings is 1. The van der Waals surface area contributed by atoms with Crippen molar-refractivity contribution in [3.05, 3.63) is 40.6 Å². The fraction of sp³-hybridized carbons (Fsp3) is 0.312. The first kappa shape index (κ1) is 15.4. The highest BCUT2D eigenvalue weighted by Gasteiger charge is 2.10.